The van der Waals surface area contributed by atoms with Crippen molar-refractivity contribution >= 4 is 17.3 Å². The summed E-state index contributed by atoms with van der Waals surface area (Å²) in [5.74, 6) is 0.468. The fourth-order valence-corrected chi connectivity index (χ4v) is 3.58. The first-order valence-corrected chi connectivity index (χ1v) is 9.57. The van der Waals surface area contributed by atoms with Gasteiger partial charge in [0.1, 0.15) is 5.82 Å². The molecule has 1 aromatic heterocycles. The van der Waals surface area contributed by atoms with Crippen LogP contribution in [0, 0.1) is 5.82 Å². The van der Waals surface area contributed by atoms with Gasteiger partial charge in [-0.15, -0.1) is 11.3 Å². The van der Waals surface area contributed by atoms with E-state index in [1.54, 1.807) is 12.1 Å². The Hall–Kier alpha value is -2.16. The standard InChI is InChI=1S/C18H20F4N4S/c1-2-23-17(24-8-7-16-26-15(10-27-16)18(20,21)22)25-14-9-12(14)11-5-3-4-6-13(11)19/h3-6,10,12,14H,2,7-9H2,1H3,(H2,23,24,25). The van der Waals surface area contributed by atoms with Gasteiger partial charge in [0.2, 0.25) is 0 Å². The average molecular weight is 400 g/mol. The number of rotatable bonds is 6. The van der Waals surface area contributed by atoms with Crippen LogP contribution in [0.15, 0.2) is 34.6 Å². The summed E-state index contributed by atoms with van der Waals surface area (Å²) in [4.78, 5) is 8.00. The lowest BCUT2D eigenvalue weighted by Crippen LogP contribution is -2.39. The molecule has 0 aliphatic heterocycles. The van der Waals surface area contributed by atoms with Crippen LogP contribution in [0.5, 0.6) is 0 Å². The molecule has 3 rings (SSSR count). The van der Waals surface area contributed by atoms with E-state index in [-0.39, 0.29) is 17.8 Å². The maximum absolute atomic E-state index is 13.9. The van der Waals surface area contributed by atoms with E-state index in [9.17, 15) is 17.6 Å². The third-order valence-electron chi connectivity index (χ3n) is 4.20. The van der Waals surface area contributed by atoms with Crippen molar-refractivity contribution in [1.82, 2.24) is 15.6 Å². The summed E-state index contributed by atoms with van der Waals surface area (Å²) in [7, 11) is 0. The van der Waals surface area contributed by atoms with E-state index >= 15 is 0 Å². The molecule has 2 unspecified atom stereocenters. The first kappa shape index (κ1) is 19.6. The molecule has 1 heterocycles. The molecule has 1 fully saturated rings. The van der Waals surface area contributed by atoms with Gasteiger partial charge in [-0.25, -0.2) is 9.37 Å². The molecule has 2 aromatic rings. The topological polar surface area (TPSA) is 49.3 Å². The molecule has 0 radical (unpaired) electrons. The van der Waals surface area contributed by atoms with E-state index in [0.717, 1.165) is 23.1 Å². The normalized spacial score (nSPS) is 19.8. The molecule has 0 saturated heterocycles. The monoisotopic (exact) mass is 400 g/mol. The van der Waals surface area contributed by atoms with Crippen LogP contribution in [0.2, 0.25) is 0 Å². The molecule has 27 heavy (non-hydrogen) atoms. The minimum absolute atomic E-state index is 0.0939. The molecule has 2 atom stereocenters. The quantitative estimate of drug-likeness (QED) is 0.439. The lowest BCUT2D eigenvalue weighted by molar-refractivity contribution is -0.140. The number of thiazole rings is 1. The second-order valence-corrected chi connectivity index (χ2v) is 7.19. The molecular formula is C18H20F4N4S. The Kier molecular flexibility index (Phi) is 5.98. The molecule has 0 bridgehead atoms. The summed E-state index contributed by atoms with van der Waals surface area (Å²) in [5, 5.41) is 7.78. The number of nitrogens with one attached hydrogen (secondary N) is 2. The summed E-state index contributed by atoms with van der Waals surface area (Å²) in [6.45, 7) is 2.89. The van der Waals surface area contributed by atoms with Gasteiger partial charge in [0.15, 0.2) is 11.7 Å². The summed E-state index contributed by atoms with van der Waals surface area (Å²) >= 11 is 0.984. The molecule has 2 N–H and O–H groups in total. The molecule has 146 valence electrons. The number of nitrogens with zero attached hydrogens (tertiary/aromatic N) is 2. The van der Waals surface area contributed by atoms with Crippen LogP contribution in [0.3, 0.4) is 0 Å². The second-order valence-electron chi connectivity index (χ2n) is 6.25. The van der Waals surface area contributed by atoms with E-state index in [4.69, 9.17) is 0 Å². The highest BCUT2D eigenvalue weighted by Gasteiger charge is 2.40. The SMILES string of the molecule is CCNC(=NCCc1nc(C(F)(F)F)cs1)NC1CC1c1ccccc1F. The third-order valence-corrected chi connectivity index (χ3v) is 5.11. The molecule has 0 spiro atoms. The lowest BCUT2D eigenvalue weighted by Gasteiger charge is -2.11. The second kappa shape index (κ2) is 8.24. The molecule has 4 nitrogen and oxygen atoms in total. The Morgan fingerprint density at radius 3 is 2.78 bits per heavy atom. The Bertz CT molecular complexity index is 803. The molecule has 1 aliphatic carbocycles. The average Bonchev–Trinajstić information content (AvgIpc) is 3.18. The van der Waals surface area contributed by atoms with Gasteiger partial charge in [0, 0.05) is 36.9 Å². The van der Waals surface area contributed by atoms with Crippen molar-refractivity contribution in [1.29, 1.82) is 0 Å². The number of hydrogen-bond acceptors (Lipinski definition) is 3. The van der Waals surface area contributed by atoms with Gasteiger partial charge in [-0.2, -0.15) is 13.2 Å². The summed E-state index contributed by atoms with van der Waals surface area (Å²) < 4.78 is 51.6. The van der Waals surface area contributed by atoms with Gasteiger partial charge in [-0.05, 0) is 25.0 Å². The Balaban J connectivity index is 1.55. The highest BCUT2D eigenvalue weighted by atomic mass is 32.1. The van der Waals surface area contributed by atoms with Crippen LogP contribution in [0.4, 0.5) is 17.6 Å². The molecular weight excluding hydrogens is 380 g/mol. The zero-order chi connectivity index (χ0) is 19.4. The van der Waals surface area contributed by atoms with Gasteiger partial charge >= 0.3 is 6.18 Å². The number of alkyl halides is 3. The molecule has 1 aliphatic rings. The van der Waals surface area contributed by atoms with Crippen molar-refractivity contribution in [2.24, 2.45) is 4.99 Å². The van der Waals surface area contributed by atoms with Crippen molar-refractivity contribution in [2.45, 2.75) is 37.9 Å². The summed E-state index contributed by atoms with van der Waals surface area (Å²) in [5.41, 5.74) is -0.171. The Morgan fingerprint density at radius 2 is 2.11 bits per heavy atom. The fraction of sp³-hybridized carbons (Fsp3) is 0.444. The molecule has 1 saturated carbocycles. The first-order chi connectivity index (χ1) is 12.9. The van der Waals surface area contributed by atoms with Gasteiger partial charge in [0.25, 0.3) is 0 Å². The Morgan fingerprint density at radius 1 is 1.33 bits per heavy atom. The minimum atomic E-state index is -4.41. The van der Waals surface area contributed by atoms with E-state index in [1.165, 1.54) is 6.07 Å². The number of guanidine groups is 1. The van der Waals surface area contributed by atoms with Crippen LogP contribution in [0.25, 0.3) is 0 Å². The van der Waals surface area contributed by atoms with Crippen LogP contribution in [-0.2, 0) is 12.6 Å². The van der Waals surface area contributed by atoms with Crippen LogP contribution < -0.4 is 10.6 Å². The lowest BCUT2D eigenvalue weighted by atomic mass is 10.1. The van der Waals surface area contributed by atoms with E-state index < -0.39 is 11.9 Å². The number of benzene rings is 1. The highest BCUT2D eigenvalue weighted by molar-refractivity contribution is 7.09. The first-order valence-electron chi connectivity index (χ1n) is 8.69. The van der Waals surface area contributed by atoms with Gasteiger partial charge in [0.05, 0.1) is 5.01 Å². The zero-order valence-corrected chi connectivity index (χ0v) is 15.5. The number of aliphatic imine (C=N–C) groups is 1. The van der Waals surface area contributed by atoms with Crippen molar-refractivity contribution in [3.63, 3.8) is 0 Å². The van der Waals surface area contributed by atoms with Crippen molar-refractivity contribution in [3.05, 3.63) is 51.7 Å². The Labute approximate surface area is 158 Å². The van der Waals surface area contributed by atoms with Crippen molar-refractivity contribution in [3.8, 4) is 0 Å². The van der Waals surface area contributed by atoms with Gasteiger partial charge in [-0.3, -0.25) is 4.99 Å². The van der Waals surface area contributed by atoms with Crippen LogP contribution in [0.1, 0.15) is 35.5 Å². The predicted molar refractivity (Wildman–Crippen MR) is 97.5 cm³/mol. The molecule has 0 amide bonds. The van der Waals surface area contributed by atoms with Crippen molar-refractivity contribution in [2.75, 3.05) is 13.1 Å². The third kappa shape index (κ3) is 5.18. The van der Waals surface area contributed by atoms with Gasteiger partial charge in [-0.1, -0.05) is 18.2 Å². The van der Waals surface area contributed by atoms with E-state index in [2.05, 4.69) is 20.6 Å². The number of hydrogen-bond donors (Lipinski definition) is 2. The van der Waals surface area contributed by atoms with E-state index in [1.807, 2.05) is 13.0 Å². The zero-order valence-electron chi connectivity index (χ0n) is 14.7. The number of halogens is 4. The van der Waals surface area contributed by atoms with E-state index in [0.29, 0.717) is 36.0 Å². The maximum atomic E-state index is 13.9. The van der Waals surface area contributed by atoms with Crippen LogP contribution >= 0.6 is 11.3 Å². The van der Waals surface area contributed by atoms with Crippen LogP contribution in [-0.4, -0.2) is 30.1 Å². The smallest absolute Gasteiger partial charge is 0.357 e. The molecule has 1 aromatic carbocycles. The summed E-state index contributed by atoms with van der Waals surface area (Å²) in [6.07, 6.45) is -3.27. The fourth-order valence-electron chi connectivity index (χ4n) is 2.79. The maximum Gasteiger partial charge on any atom is 0.434 e. The number of aromatic nitrogens is 1. The van der Waals surface area contributed by atoms with Gasteiger partial charge < -0.3 is 10.6 Å². The summed E-state index contributed by atoms with van der Waals surface area (Å²) in [6, 6.07) is 6.81. The molecule has 9 heteroatoms. The predicted octanol–water partition coefficient (Wildman–Crippen LogP) is 3.95. The largest absolute Gasteiger partial charge is 0.434 e. The highest BCUT2D eigenvalue weighted by Crippen LogP contribution is 2.41. The minimum Gasteiger partial charge on any atom is -0.357 e. The van der Waals surface area contributed by atoms with Crippen molar-refractivity contribution < 1.29 is 17.6 Å².